The number of oxime groups is 1. The summed E-state index contributed by atoms with van der Waals surface area (Å²) in [6, 6.07) is 14.7. The zero-order chi connectivity index (χ0) is 20.5. The second kappa shape index (κ2) is 10.2. The fourth-order valence-electron chi connectivity index (χ4n) is 2.51. The normalized spacial score (nSPS) is 13.5. The van der Waals surface area contributed by atoms with Crippen LogP contribution in [0.4, 0.5) is 5.69 Å². The minimum absolute atomic E-state index is 0.108. The highest BCUT2D eigenvalue weighted by Crippen LogP contribution is 2.26. The number of hydrogen-bond donors (Lipinski definition) is 1. The Balaban J connectivity index is 2.12. The number of hydrogen-bond acceptors (Lipinski definition) is 7. The lowest BCUT2D eigenvalue weighted by molar-refractivity contribution is -0.384. The lowest BCUT2D eigenvalue weighted by Crippen LogP contribution is -2.28. The molecular weight excluding hydrogens is 364 g/mol. The molecule has 1 N–H and O–H groups in total. The summed E-state index contributed by atoms with van der Waals surface area (Å²) >= 11 is 0. The number of aliphatic hydroxyl groups excluding tert-OH is 1. The van der Waals surface area contributed by atoms with E-state index in [2.05, 4.69) is 5.16 Å². The standard InChI is InChI=1S/C20H22N2O6/c1-3-27-20(24)18(13-28-21-14(2)15-7-5-4-6-8-15)19(23)16-9-11-17(12-10-16)22(25)26/h4-12,18-19,23H,3,13H2,1-2H3/b21-14+/t18-,19+/m0/s1. The molecule has 0 amide bonds. The van der Waals surface area contributed by atoms with Crippen molar-refractivity contribution in [1.82, 2.24) is 0 Å². The molecule has 8 nitrogen and oxygen atoms in total. The number of non-ortho nitro benzene ring substituents is 1. The van der Waals surface area contributed by atoms with Gasteiger partial charge in [0, 0.05) is 12.1 Å². The second-order valence-electron chi connectivity index (χ2n) is 5.99. The number of ether oxygens (including phenoxy) is 1. The number of nitro groups is 1. The maximum absolute atomic E-state index is 12.3. The molecule has 0 aliphatic carbocycles. The first-order valence-electron chi connectivity index (χ1n) is 8.75. The predicted molar refractivity (Wildman–Crippen MR) is 103 cm³/mol. The first-order chi connectivity index (χ1) is 13.4. The van der Waals surface area contributed by atoms with E-state index in [4.69, 9.17) is 9.57 Å². The van der Waals surface area contributed by atoms with Crippen molar-refractivity contribution in [3.8, 4) is 0 Å². The van der Waals surface area contributed by atoms with Gasteiger partial charge in [-0.15, -0.1) is 0 Å². The molecule has 8 heteroatoms. The van der Waals surface area contributed by atoms with Crippen molar-refractivity contribution in [3.63, 3.8) is 0 Å². The van der Waals surface area contributed by atoms with E-state index < -0.39 is 22.9 Å². The van der Waals surface area contributed by atoms with Crippen LogP contribution < -0.4 is 0 Å². The molecule has 0 aliphatic rings. The van der Waals surface area contributed by atoms with Crippen LogP contribution in [0.5, 0.6) is 0 Å². The predicted octanol–water partition coefficient (Wildman–Crippen LogP) is 3.25. The van der Waals surface area contributed by atoms with Crippen LogP contribution in [0.25, 0.3) is 0 Å². The first kappa shape index (κ1) is 21.0. The molecule has 0 aromatic heterocycles. The van der Waals surface area contributed by atoms with Crippen molar-refractivity contribution in [1.29, 1.82) is 0 Å². The van der Waals surface area contributed by atoms with Crippen LogP contribution in [-0.2, 0) is 14.4 Å². The van der Waals surface area contributed by atoms with Crippen molar-refractivity contribution in [2.24, 2.45) is 11.1 Å². The topological polar surface area (TPSA) is 111 Å². The molecule has 2 aromatic rings. The zero-order valence-electron chi connectivity index (χ0n) is 15.6. The summed E-state index contributed by atoms with van der Waals surface area (Å²) in [4.78, 5) is 27.8. The smallest absolute Gasteiger partial charge is 0.315 e. The van der Waals surface area contributed by atoms with Crippen LogP contribution in [0, 0.1) is 16.0 Å². The summed E-state index contributed by atoms with van der Waals surface area (Å²) in [6.45, 7) is 3.36. The first-order valence-corrected chi connectivity index (χ1v) is 8.75. The fourth-order valence-corrected chi connectivity index (χ4v) is 2.51. The SMILES string of the molecule is CCOC(=O)[C@@H](CO/N=C(\C)c1ccccc1)[C@H](O)c1ccc([N+](=O)[O-])cc1. The molecule has 2 aromatic carbocycles. The van der Waals surface area contributed by atoms with Crippen LogP contribution in [0.2, 0.25) is 0 Å². The third-order valence-corrected chi connectivity index (χ3v) is 4.06. The van der Waals surface area contributed by atoms with Gasteiger partial charge in [-0.25, -0.2) is 0 Å². The van der Waals surface area contributed by atoms with Crippen molar-refractivity contribution in [3.05, 3.63) is 75.8 Å². The number of carbonyl (C=O) groups is 1. The maximum Gasteiger partial charge on any atom is 0.315 e. The number of rotatable bonds is 9. The number of nitro benzene ring substituents is 1. The Morgan fingerprint density at radius 3 is 2.39 bits per heavy atom. The van der Waals surface area contributed by atoms with Gasteiger partial charge in [0.15, 0.2) is 0 Å². The Morgan fingerprint density at radius 2 is 1.82 bits per heavy atom. The summed E-state index contributed by atoms with van der Waals surface area (Å²) in [5, 5.41) is 25.4. The summed E-state index contributed by atoms with van der Waals surface area (Å²) in [5.41, 5.74) is 1.72. The molecule has 28 heavy (non-hydrogen) atoms. The summed E-state index contributed by atoms with van der Waals surface area (Å²) in [7, 11) is 0. The van der Waals surface area contributed by atoms with Gasteiger partial charge < -0.3 is 14.7 Å². The van der Waals surface area contributed by atoms with Gasteiger partial charge in [-0.3, -0.25) is 14.9 Å². The highest BCUT2D eigenvalue weighted by Gasteiger charge is 2.31. The molecule has 0 saturated heterocycles. The van der Waals surface area contributed by atoms with E-state index in [1.807, 2.05) is 30.3 Å². The average Bonchev–Trinajstić information content (AvgIpc) is 2.71. The van der Waals surface area contributed by atoms with Crippen molar-refractivity contribution in [2.45, 2.75) is 20.0 Å². The summed E-state index contributed by atoms with van der Waals surface area (Å²) < 4.78 is 5.02. The number of aliphatic hydroxyl groups is 1. The molecule has 0 unspecified atom stereocenters. The van der Waals surface area contributed by atoms with Crippen LogP contribution >= 0.6 is 0 Å². The van der Waals surface area contributed by atoms with Gasteiger partial charge >= 0.3 is 5.97 Å². The number of benzene rings is 2. The number of carbonyl (C=O) groups excluding carboxylic acids is 1. The van der Waals surface area contributed by atoms with Gasteiger partial charge in [0.05, 0.1) is 23.3 Å². The monoisotopic (exact) mass is 386 g/mol. The van der Waals surface area contributed by atoms with E-state index in [9.17, 15) is 20.0 Å². The summed E-state index contributed by atoms with van der Waals surface area (Å²) in [6.07, 6.45) is -1.26. The van der Waals surface area contributed by atoms with E-state index in [1.165, 1.54) is 24.3 Å². The van der Waals surface area contributed by atoms with Crippen molar-refractivity contribution >= 4 is 17.4 Å². The van der Waals surface area contributed by atoms with Gasteiger partial charge in [-0.2, -0.15) is 0 Å². The molecule has 0 fully saturated rings. The van der Waals surface area contributed by atoms with Crippen molar-refractivity contribution in [2.75, 3.05) is 13.2 Å². The highest BCUT2D eigenvalue weighted by molar-refractivity contribution is 5.98. The van der Waals surface area contributed by atoms with E-state index in [-0.39, 0.29) is 18.9 Å². The summed E-state index contributed by atoms with van der Waals surface area (Å²) in [5.74, 6) is -1.67. The Morgan fingerprint density at radius 1 is 1.18 bits per heavy atom. The molecular formula is C20H22N2O6. The number of esters is 1. The largest absolute Gasteiger partial charge is 0.466 e. The minimum Gasteiger partial charge on any atom is -0.466 e. The highest BCUT2D eigenvalue weighted by atomic mass is 16.6. The second-order valence-corrected chi connectivity index (χ2v) is 5.99. The molecule has 148 valence electrons. The van der Waals surface area contributed by atoms with Gasteiger partial charge in [0.2, 0.25) is 0 Å². The quantitative estimate of drug-likeness (QED) is 0.306. The van der Waals surface area contributed by atoms with Gasteiger partial charge in [0.1, 0.15) is 12.5 Å². The molecule has 2 rings (SSSR count). The third kappa shape index (κ3) is 5.62. The van der Waals surface area contributed by atoms with Gasteiger partial charge in [-0.1, -0.05) is 35.5 Å². The van der Waals surface area contributed by atoms with E-state index in [1.54, 1.807) is 13.8 Å². The van der Waals surface area contributed by atoms with E-state index in [0.29, 0.717) is 11.3 Å². The lowest BCUT2D eigenvalue weighted by Gasteiger charge is -2.20. The molecule has 2 atom stereocenters. The van der Waals surface area contributed by atoms with Crippen LogP contribution in [-0.4, -0.2) is 34.9 Å². The van der Waals surface area contributed by atoms with Crippen LogP contribution in [0.1, 0.15) is 31.1 Å². The Hall–Kier alpha value is -3.26. The average molecular weight is 386 g/mol. The Kier molecular flexibility index (Phi) is 7.65. The van der Waals surface area contributed by atoms with Crippen LogP contribution in [0.3, 0.4) is 0 Å². The zero-order valence-corrected chi connectivity index (χ0v) is 15.6. The minimum atomic E-state index is -1.26. The van der Waals surface area contributed by atoms with Crippen molar-refractivity contribution < 1.29 is 24.4 Å². The van der Waals surface area contributed by atoms with E-state index >= 15 is 0 Å². The van der Waals surface area contributed by atoms with Crippen LogP contribution in [0.15, 0.2) is 59.8 Å². The van der Waals surface area contributed by atoms with Gasteiger partial charge in [0.25, 0.3) is 5.69 Å². The molecule has 0 spiro atoms. The molecule has 0 aliphatic heterocycles. The third-order valence-electron chi connectivity index (χ3n) is 4.06. The Bertz CT molecular complexity index is 820. The number of nitrogens with zero attached hydrogens (tertiary/aromatic N) is 2. The van der Waals surface area contributed by atoms with Gasteiger partial charge in [-0.05, 0) is 37.1 Å². The molecule has 0 heterocycles. The fraction of sp³-hybridized carbons (Fsp3) is 0.300. The molecule has 0 saturated carbocycles. The molecule has 0 bridgehead atoms. The van der Waals surface area contributed by atoms with E-state index in [0.717, 1.165) is 5.56 Å². The molecule has 0 radical (unpaired) electrons. The Labute approximate surface area is 162 Å². The maximum atomic E-state index is 12.3. The lowest BCUT2D eigenvalue weighted by atomic mass is 9.96.